The fourth-order valence-corrected chi connectivity index (χ4v) is 3.33. The number of aryl methyl sites for hydroxylation is 1. The van der Waals surface area contributed by atoms with Crippen molar-refractivity contribution in [1.82, 2.24) is 9.78 Å². The van der Waals surface area contributed by atoms with E-state index in [1.54, 1.807) is 10.9 Å². The Morgan fingerprint density at radius 1 is 1.29 bits per heavy atom. The first-order valence-corrected chi connectivity index (χ1v) is 9.35. The molecule has 7 heteroatoms. The summed E-state index contributed by atoms with van der Waals surface area (Å²) in [5.74, 6) is -0.202. The molecule has 0 bridgehead atoms. The molecule has 3 aromatic rings. The first-order valence-electron chi connectivity index (χ1n) is 8.97. The lowest BCUT2D eigenvalue weighted by molar-refractivity contribution is 0.102. The van der Waals surface area contributed by atoms with Crippen LogP contribution >= 0.6 is 11.6 Å². The van der Waals surface area contributed by atoms with E-state index in [-0.39, 0.29) is 17.6 Å². The molecular weight excluding hydrogens is 381 g/mol. The van der Waals surface area contributed by atoms with Crippen molar-refractivity contribution >= 4 is 23.2 Å². The van der Waals surface area contributed by atoms with Crippen LogP contribution < -0.4 is 10.1 Å². The van der Waals surface area contributed by atoms with Gasteiger partial charge in [0.25, 0.3) is 5.91 Å². The zero-order valence-corrected chi connectivity index (χ0v) is 16.3. The normalized spacial score (nSPS) is 13.4. The number of aromatic nitrogens is 2. The minimum absolute atomic E-state index is 0.263. The number of carbonyl (C=O) groups is 1. The Bertz CT molecular complexity index is 1060. The molecule has 1 heterocycles. The summed E-state index contributed by atoms with van der Waals surface area (Å²) in [7, 11) is 1.43. The lowest BCUT2D eigenvalue weighted by atomic mass is 10.1. The van der Waals surface area contributed by atoms with Gasteiger partial charge in [-0.25, -0.2) is 9.07 Å². The molecule has 1 saturated carbocycles. The Morgan fingerprint density at radius 2 is 2.07 bits per heavy atom. The van der Waals surface area contributed by atoms with Gasteiger partial charge in [-0.1, -0.05) is 17.7 Å². The third-order valence-electron chi connectivity index (χ3n) is 4.83. The standard InChI is InChI=1S/C21H19ClFN3O2/c1-12-3-7-15(10-17(12)22)26-20(13-4-5-13)16(11-24-26)21(27)25-18-8-6-14(23)9-19(18)28-2/h3,6-11,13H,4-5H2,1-2H3,(H,25,27). The van der Waals surface area contributed by atoms with E-state index in [0.717, 1.165) is 29.8 Å². The number of hydrogen-bond acceptors (Lipinski definition) is 3. The van der Waals surface area contributed by atoms with Gasteiger partial charge in [0.15, 0.2) is 0 Å². The van der Waals surface area contributed by atoms with Crippen molar-refractivity contribution < 1.29 is 13.9 Å². The van der Waals surface area contributed by atoms with Crippen molar-refractivity contribution in [3.8, 4) is 11.4 Å². The first kappa shape index (κ1) is 18.5. The molecule has 0 radical (unpaired) electrons. The molecule has 0 unspecified atom stereocenters. The second-order valence-electron chi connectivity index (χ2n) is 6.86. The van der Waals surface area contributed by atoms with Gasteiger partial charge in [-0.15, -0.1) is 0 Å². The Hall–Kier alpha value is -2.86. The van der Waals surface area contributed by atoms with E-state index in [2.05, 4.69) is 10.4 Å². The maximum Gasteiger partial charge on any atom is 0.259 e. The van der Waals surface area contributed by atoms with E-state index in [4.69, 9.17) is 16.3 Å². The zero-order valence-electron chi connectivity index (χ0n) is 15.5. The minimum Gasteiger partial charge on any atom is -0.494 e. The molecule has 1 aliphatic rings. The van der Waals surface area contributed by atoms with E-state index in [9.17, 15) is 9.18 Å². The summed E-state index contributed by atoms with van der Waals surface area (Å²) in [5.41, 5.74) is 3.55. The van der Waals surface area contributed by atoms with Gasteiger partial charge in [-0.05, 0) is 49.6 Å². The summed E-state index contributed by atoms with van der Waals surface area (Å²) in [6.45, 7) is 1.94. The maximum atomic E-state index is 13.4. The van der Waals surface area contributed by atoms with Crippen molar-refractivity contribution in [3.05, 3.63) is 70.3 Å². The number of ether oxygens (including phenoxy) is 1. The number of amides is 1. The summed E-state index contributed by atoms with van der Waals surface area (Å²) in [4.78, 5) is 12.9. The number of nitrogens with zero attached hydrogens (tertiary/aromatic N) is 2. The van der Waals surface area contributed by atoms with Gasteiger partial charge in [0.2, 0.25) is 0 Å². The van der Waals surface area contributed by atoms with Crippen molar-refractivity contribution in [2.24, 2.45) is 0 Å². The third kappa shape index (κ3) is 3.47. The van der Waals surface area contributed by atoms with Gasteiger partial charge >= 0.3 is 0 Å². The number of halogens is 2. The molecule has 1 N–H and O–H groups in total. The summed E-state index contributed by atoms with van der Waals surface area (Å²) < 4.78 is 20.3. The molecule has 1 aromatic heterocycles. The molecule has 0 atom stereocenters. The monoisotopic (exact) mass is 399 g/mol. The minimum atomic E-state index is -0.433. The molecule has 5 nitrogen and oxygen atoms in total. The summed E-state index contributed by atoms with van der Waals surface area (Å²) in [6.07, 6.45) is 3.57. The molecule has 0 spiro atoms. The molecule has 0 aliphatic heterocycles. The Balaban J connectivity index is 1.69. The van der Waals surface area contributed by atoms with Gasteiger partial charge in [0, 0.05) is 17.0 Å². The summed E-state index contributed by atoms with van der Waals surface area (Å²) >= 11 is 6.27. The second kappa shape index (κ2) is 7.28. The smallest absolute Gasteiger partial charge is 0.259 e. The number of methoxy groups -OCH3 is 1. The summed E-state index contributed by atoms with van der Waals surface area (Å²) in [6, 6.07) is 9.70. The Morgan fingerprint density at radius 3 is 2.75 bits per heavy atom. The van der Waals surface area contributed by atoms with Crippen LogP contribution in [0, 0.1) is 12.7 Å². The molecule has 4 rings (SSSR count). The molecule has 28 heavy (non-hydrogen) atoms. The second-order valence-corrected chi connectivity index (χ2v) is 7.27. The number of nitrogens with one attached hydrogen (secondary N) is 1. The number of hydrogen-bond donors (Lipinski definition) is 1. The number of carbonyl (C=O) groups excluding carboxylic acids is 1. The van der Waals surface area contributed by atoms with Crippen LogP contribution in [0.15, 0.2) is 42.6 Å². The van der Waals surface area contributed by atoms with Gasteiger partial charge in [0.1, 0.15) is 11.6 Å². The zero-order chi connectivity index (χ0) is 19.8. The number of anilines is 1. The van der Waals surface area contributed by atoms with Crippen LogP contribution in [0.1, 0.15) is 40.4 Å². The SMILES string of the molecule is COc1cc(F)ccc1NC(=O)c1cnn(-c2ccc(C)c(Cl)c2)c1C1CC1. The van der Waals surface area contributed by atoms with E-state index < -0.39 is 5.82 Å². The van der Waals surface area contributed by atoms with Crippen molar-refractivity contribution in [2.45, 2.75) is 25.7 Å². The number of rotatable bonds is 5. The van der Waals surface area contributed by atoms with Crippen LogP contribution in [0.5, 0.6) is 5.75 Å². The average molecular weight is 400 g/mol. The van der Waals surface area contributed by atoms with Crippen LogP contribution in [0.2, 0.25) is 5.02 Å². The lowest BCUT2D eigenvalue weighted by Crippen LogP contribution is -2.15. The highest BCUT2D eigenvalue weighted by molar-refractivity contribution is 6.31. The fraction of sp³-hybridized carbons (Fsp3) is 0.238. The third-order valence-corrected chi connectivity index (χ3v) is 5.23. The van der Waals surface area contributed by atoms with Gasteiger partial charge in [0.05, 0.1) is 35.9 Å². The lowest BCUT2D eigenvalue weighted by Gasteiger charge is -2.12. The van der Waals surface area contributed by atoms with Crippen LogP contribution in [0.4, 0.5) is 10.1 Å². The summed E-state index contributed by atoms with van der Waals surface area (Å²) in [5, 5.41) is 7.90. The molecule has 1 fully saturated rings. The van der Waals surface area contributed by atoms with Gasteiger partial charge in [-0.3, -0.25) is 4.79 Å². The van der Waals surface area contributed by atoms with Crippen LogP contribution in [0.3, 0.4) is 0 Å². The number of benzene rings is 2. The quantitative estimate of drug-likeness (QED) is 0.648. The molecular formula is C21H19ClFN3O2. The Labute approximate surface area is 167 Å². The Kier molecular flexibility index (Phi) is 4.81. The highest BCUT2D eigenvalue weighted by Crippen LogP contribution is 2.43. The van der Waals surface area contributed by atoms with Crippen molar-refractivity contribution in [3.63, 3.8) is 0 Å². The topological polar surface area (TPSA) is 56.1 Å². The van der Waals surface area contributed by atoms with Crippen LogP contribution in [-0.2, 0) is 0 Å². The van der Waals surface area contributed by atoms with E-state index >= 15 is 0 Å². The van der Waals surface area contributed by atoms with E-state index in [1.165, 1.54) is 25.3 Å². The maximum absolute atomic E-state index is 13.4. The van der Waals surface area contributed by atoms with Crippen molar-refractivity contribution in [2.75, 3.05) is 12.4 Å². The van der Waals surface area contributed by atoms with E-state index in [0.29, 0.717) is 16.3 Å². The van der Waals surface area contributed by atoms with E-state index in [1.807, 2.05) is 25.1 Å². The average Bonchev–Trinajstić information content (AvgIpc) is 3.43. The molecule has 1 amide bonds. The van der Waals surface area contributed by atoms with Gasteiger partial charge in [-0.2, -0.15) is 5.10 Å². The predicted octanol–water partition coefficient (Wildman–Crippen LogP) is 5.11. The predicted molar refractivity (Wildman–Crippen MR) is 106 cm³/mol. The largest absolute Gasteiger partial charge is 0.494 e. The highest BCUT2D eigenvalue weighted by Gasteiger charge is 2.33. The molecule has 2 aromatic carbocycles. The van der Waals surface area contributed by atoms with Gasteiger partial charge < -0.3 is 10.1 Å². The molecule has 144 valence electrons. The molecule has 1 aliphatic carbocycles. The van der Waals surface area contributed by atoms with Crippen LogP contribution in [-0.4, -0.2) is 22.8 Å². The molecule has 0 saturated heterocycles. The highest BCUT2D eigenvalue weighted by atomic mass is 35.5. The van der Waals surface area contributed by atoms with Crippen LogP contribution in [0.25, 0.3) is 5.69 Å². The van der Waals surface area contributed by atoms with Crippen molar-refractivity contribution in [1.29, 1.82) is 0 Å². The fourth-order valence-electron chi connectivity index (χ4n) is 3.16. The first-order chi connectivity index (χ1) is 13.5.